The number of rotatable bonds is 7. The highest BCUT2D eigenvalue weighted by molar-refractivity contribution is 6.09. The van der Waals surface area contributed by atoms with E-state index in [1.807, 2.05) is 83.6 Å². The van der Waals surface area contributed by atoms with Gasteiger partial charge in [0.25, 0.3) is 0 Å². The molecule has 4 nitrogen and oxygen atoms in total. The van der Waals surface area contributed by atoms with Gasteiger partial charge < -0.3 is 9.67 Å². The van der Waals surface area contributed by atoms with Crippen molar-refractivity contribution in [3.63, 3.8) is 0 Å². The topological polar surface area (TPSA) is 55.1 Å². The molecule has 0 unspecified atom stereocenters. The maximum Gasteiger partial charge on any atom is 0.353 e. The normalized spacial score (nSPS) is 11.0. The van der Waals surface area contributed by atoms with Gasteiger partial charge in [0.1, 0.15) is 5.69 Å². The number of aromatic nitrogens is 2. The summed E-state index contributed by atoms with van der Waals surface area (Å²) in [5, 5.41) is 11.2. The Hall–Kier alpha value is -4.18. The van der Waals surface area contributed by atoms with Gasteiger partial charge >= 0.3 is 5.97 Å². The average molecular weight is 433 g/mol. The van der Waals surface area contributed by atoms with Crippen LogP contribution < -0.4 is 0 Å². The molecule has 0 aliphatic rings. The van der Waals surface area contributed by atoms with Crippen LogP contribution in [0.3, 0.4) is 0 Å². The molecule has 162 valence electrons. The number of hydrogen-bond donors (Lipinski definition) is 1. The molecule has 33 heavy (non-hydrogen) atoms. The Morgan fingerprint density at radius 3 is 2.24 bits per heavy atom. The minimum Gasteiger partial charge on any atom is -0.477 e. The first-order valence-electron chi connectivity index (χ1n) is 11.1. The standard InChI is InChI=1S/C29H24N2O2/c32-29(33)28-27(22-12-5-2-6-13-22)25-19-23(24-14-7-17-30-20-24)15-16-26(25)31(28)18-8-11-21-9-3-1-4-10-21/h1-7,9-10,12-17,19-20H,8,11,18H2,(H,32,33). The average Bonchev–Trinajstić information content (AvgIpc) is 3.19. The van der Waals surface area contributed by atoms with Crippen molar-refractivity contribution in [3.05, 3.63) is 115 Å². The maximum atomic E-state index is 12.5. The predicted octanol–water partition coefficient (Wildman–Crippen LogP) is 6.70. The molecule has 0 saturated carbocycles. The second kappa shape index (κ2) is 9.13. The molecule has 0 saturated heterocycles. The van der Waals surface area contributed by atoms with E-state index in [1.54, 1.807) is 6.20 Å². The lowest BCUT2D eigenvalue weighted by molar-refractivity contribution is 0.0686. The van der Waals surface area contributed by atoms with E-state index in [2.05, 4.69) is 23.2 Å². The number of aryl methyl sites for hydroxylation is 2. The van der Waals surface area contributed by atoms with Crippen molar-refractivity contribution in [1.29, 1.82) is 0 Å². The third kappa shape index (κ3) is 4.15. The molecule has 5 aromatic rings. The third-order valence-corrected chi connectivity index (χ3v) is 6.01. The molecule has 1 N–H and O–H groups in total. The number of carboxylic acid groups (broad SMARTS) is 1. The molecule has 3 aromatic carbocycles. The number of hydrogen-bond acceptors (Lipinski definition) is 2. The summed E-state index contributed by atoms with van der Waals surface area (Å²) in [5.41, 5.74) is 6.24. The summed E-state index contributed by atoms with van der Waals surface area (Å²) in [6, 6.07) is 30.2. The molecule has 0 aliphatic carbocycles. The van der Waals surface area contributed by atoms with E-state index in [1.165, 1.54) is 5.56 Å². The summed E-state index contributed by atoms with van der Waals surface area (Å²) in [7, 11) is 0. The molecule has 0 amide bonds. The van der Waals surface area contributed by atoms with Crippen LogP contribution in [0, 0.1) is 0 Å². The Bertz CT molecular complexity index is 1390. The Labute approximate surface area is 192 Å². The van der Waals surface area contributed by atoms with Crippen LogP contribution in [0.1, 0.15) is 22.5 Å². The monoisotopic (exact) mass is 432 g/mol. The second-order valence-corrected chi connectivity index (χ2v) is 8.11. The largest absolute Gasteiger partial charge is 0.477 e. The van der Waals surface area contributed by atoms with Crippen LogP contribution in [0.25, 0.3) is 33.2 Å². The van der Waals surface area contributed by atoms with Crippen molar-refractivity contribution >= 4 is 16.9 Å². The van der Waals surface area contributed by atoms with Crippen molar-refractivity contribution in [2.75, 3.05) is 0 Å². The van der Waals surface area contributed by atoms with Crippen molar-refractivity contribution in [2.24, 2.45) is 0 Å². The van der Waals surface area contributed by atoms with E-state index >= 15 is 0 Å². The van der Waals surface area contributed by atoms with Gasteiger partial charge in [0, 0.05) is 41.0 Å². The first kappa shape index (κ1) is 20.7. The highest BCUT2D eigenvalue weighted by Gasteiger charge is 2.23. The van der Waals surface area contributed by atoms with Gasteiger partial charge in [0.2, 0.25) is 0 Å². The summed E-state index contributed by atoms with van der Waals surface area (Å²) in [6.07, 6.45) is 5.34. The van der Waals surface area contributed by atoms with Crippen LogP contribution >= 0.6 is 0 Å². The summed E-state index contributed by atoms with van der Waals surface area (Å²) >= 11 is 0. The first-order valence-corrected chi connectivity index (χ1v) is 11.1. The first-order chi connectivity index (χ1) is 16.2. The van der Waals surface area contributed by atoms with Gasteiger partial charge in [-0.2, -0.15) is 0 Å². The molecule has 5 rings (SSSR count). The molecule has 2 aromatic heterocycles. The number of aromatic carboxylic acids is 1. The van der Waals surface area contributed by atoms with Crippen LogP contribution in [-0.4, -0.2) is 20.6 Å². The number of nitrogens with zero attached hydrogens (tertiary/aromatic N) is 2. The van der Waals surface area contributed by atoms with E-state index in [-0.39, 0.29) is 0 Å². The SMILES string of the molecule is O=C(O)c1c(-c2ccccc2)c2cc(-c3cccnc3)ccc2n1CCCc1ccccc1. The molecule has 0 bridgehead atoms. The number of fused-ring (bicyclic) bond motifs is 1. The van der Waals surface area contributed by atoms with Crippen LogP contribution in [0.4, 0.5) is 0 Å². The van der Waals surface area contributed by atoms with Gasteiger partial charge in [0.15, 0.2) is 0 Å². The van der Waals surface area contributed by atoms with Gasteiger partial charge in [-0.25, -0.2) is 4.79 Å². The quantitative estimate of drug-likeness (QED) is 0.311. The van der Waals surface area contributed by atoms with Gasteiger partial charge in [-0.05, 0) is 47.7 Å². The molecule has 0 fully saturated rings. The van der Waals surface area contributed by atoms with Gasteiger partial charge in [-0.1, -0.05) is 72.8 Å². The minimum absolute atomic E-state index is 0.340. The summed E-state index contributed by atoms with van der Waals surface area (Å²) in [5.74, 6) is -0.910. The minimum atomic E-state index is -0.910. The van der Waals surface area contributed by atoms with Crippen LogP contribution in [-0.2, 0) is 13.0 Å². The zero-order valence-electron chi connectivity index (χ0n) is 18.2. The van der Waals surface area contributed by atoms with Gasteiger partial charge in [-0.15, -0.1) is 0 Å². The molecule has 0 aliphatic heterocycles. The lowest BCUT2D eigenvalue weighted by Crippen LogP contribution is -2.10. The van der Waals surface area contributed by atoms with Gasteiger partial charge in [0.05, 0.1) is 0 Å². The highest BCUT2D eigenvalue weighted by Crippen LogP contribution is 2.37. The summed E-state index contributed by atoms with van der Waals surface area (Å²) < 4.78 is 1.97. The van der Waals surface area contributed by atoms with Crippen LogP contribution in [0.15, 0.2) is 103 Å². The van der Waals surface area contributed by atoms with E-state index in [0.29, 0.717) is 12.2 Å². The Balaban J connectivity index is 1.65. The van der Waals surface area contributed by atoms with Crippen molar-refractivity contribution in [1.82, 2.24) is 9.55 Å². The Kier molecular flexibility index (Phi) is 5.73. The zero-order chi connectivity index (χ0) is 22.6. The fraction of sp³-hybridized carbons (Fsp3) is 0.103. The van der Waals surface area contributed by atoms with E-state index in [4.69, 9.17) is 0 Å². The van der Waals surface area contributed by atoms with Crippen molar-refractivity contribution in [2.45, 2.75) is 19.4 Å². The third-order valence-electron chi connectivity index (χ3n) is 6.01. The van der Waals surface area contributed by atoms with Crippen molar-refractivity contribution in [3.8, 4) is 22.3 Å². The molecular formula is C29H24N2O2. The molecular weight excluding hydrogens is 408 g/mol. The van der Waals surface area contributed by atoms with E-state index in [0.717, 1.165) is 46.0 Å². The Morgan fingerprint density at radius 1 is 0.818 bits per heavy atom. The lowest BCUT2D eigenvalue weighted by atomic mass is 9.99. The Morgan fingerprint density at radius 2 is 1.55 bits per heavy atom. The highest BCUT2D eigenvalue weighted by atomic mass is 16.4. The molecule has 4 heteroatoms. The van der Waals surface area contributed by atoms with Crippen molar-refractivity contribution < 1.29 is 9.90 Å². The fourth-order valence-electron chi connectivity index (χ4n) is 4.51. The number of carbonyl (C=O) groups is 1. The van der Waals surface area contributed by atoms with E-state index in [9.17, 15) is 9.90 Å². The van der Waals surface area contributed by atoms with Crippen LogP contribution in [0.5, 0.6) is 0 Å². The second-order valence-electron chi connectivity index (χ2n) is 8.11. The number of carboxylic acids is 1. The van der Waals surface area contributed by atoms with Crippen LogP contribution in [0.2, 0.25) is 0 Å². The molecule has 2 heterocycles. The molecule has 0 spiro atoms. The van der Waals surface area contributed by atoms with Gasteiger partial charge in [-0.3, -0.25) is 4.98 Å². The molecule has 0 radical (unpaired) electrons. The van der Waals surface area contributed by atoms with E-state index < -0.39 is 5.97 Å². The smallest absolute Gasteiger partial charge is 0.353 e. The summed E-state index contributed by atoms with van der Waals surface area (Å²) in [4.78, 5) is 16.8. The lowest BCUT2D eigenvalue weighted by Gasteiger charge is -2.10. The zero-order valence-corrected chi connectivity index (χ0v) is 18.2. The maximum absolute atomic E-state index is 12.5. The predicted molar refractivity (Wildman–Crippen MR) is 132 cm³/mol. The number of pyridine rings is 1. The fourth-order valence-corrected chi connectivity index (χ4v) is 4.51. The molecule has 0 atom stereocenters. The summed E-state index contributed by atoms with van der Waals surface area (Å²) in [6.45, 7) is 0.631. The number of benzene rings is 3.